The molecule has 1 aliphatic heterocycles. The summed E-state index contributed by atoms with van der Waals surface area (Å²) in [5.41, 5.74) is 2.27. The van der Waals surface area contributed by atoms with Crippen molar-refractivity contribution in [2.45, 2.75) is 19.3 Å². The Morgan fingerprint density at radius 2 is 1.67 bits per heavy atom. The average molecular weight is 365 g/mol. The predicted octanol–water partition coefficient (Wildman–Crippen LogP) is 2.94. The standard InChI is InChI=1S/C22H27N3O2/c1-25-15-12-18(13-16-25)21(26)24-20-10-6-5-9-19(20)22(27)23-14-11-17-7-3-2-4-8-17/h2-10,18H,11-16H2,1H3,(H,23,27)(H,24,26). The van der Waals surface area contributed by atoms with E-state index in [4.69, 9.17) is 0 Å². The molecule has 1 fully saturated rings. The van der Waals surface area contributed by atoms with Gasteiger partial charge in [-0.25, -0.2) is 0 Å². The maximum Gasteiger partial charge on any atom is 0.253 e. The van der Waals surface area contributed by atoms with E-state index in [9.17, 15) is 9.59 Å². The van der Waals surface area contributed by atoms with Crippen molar-refractivity contribution in [3.8, 4) is 0 Å². The van der Waals surface area contributed by atoms with E-state index in [1.807, 2.05) is 42.5 Å². The van der Waals surface area contributed by atoms with Crippen LogP contribution in [-0.4, -0.2) is 43.4 Å². The molecule has 1 heterocycles. The first kappa shape index (κ1) is 19.1. The number of amides is 2. The maximum atomic E-state index is 12.6. The van der Waals surface area contributed by atoms with Gasteiger partial charge in [-0.2, -0.15) is 0 Å². The van der Waals surface area contributed by atoms with Gasteiger partial charge in [0.15, 0.2) is 0 Å². The maximum absolute atomic E-state index is 12.6. The van der Waals surface area contributed by atoms with Gasteiger partial charge in [0.05, 0.1) is 11.3 Å². The van der Waals surface area contributed by atoms with Crippen molar-refractivity contribution in [1.82, 2.24) is 10.2 Å². The number of carbonyl (C=O) groups excluding carboxylic acids is 2. The summed E-state index contributed by atoms with van der Waals surface area (Å²) in [6, 6.07) is 17.2. The molecule has 5 heteroatoms. The number of anilines is 1. The van der Waals surface area contributed by atoms with Crippen molar-refractivity contribution < 1.29 is 9.59 Å². The van der Waals surface area contributed by atoms with Crippen molar-refractivity contribution in [1.29, 1.82) is 0 Å². The number of hydrogen-bond donors (Lipinski definition) is 2. The zero-order chi connectivity index (χ0) is 19.1. The van der Waals surface area contributed by atoms with Gasteiger partial charge in [-0.15, -0.1) is 0 Å². The number of piperidine rings is 1. The van der Waals surface area contributed by atoms with E-state index in [1.54, 1.807) is 12.1 Å². The molecule has 1 aliphatic rings. The number of hydrogen-bond acceptors (Lipinski definition) is 3. The van der Waals surface area contributed by atoms with Gasteiger partial charge in [0, 0.05) is 12.5 Å². The third-order valence-electron chi connectivity index (χ3n) is 5.06. The number of nitrogens with zero attached hydrogens (tertiary/aromatic N) is 1. The van der Waals surface area contributed by atoms with Crippen molar-refractivity contribution in [2.24, 2.45) is 5.92 Å². The number of nitrogens with one attached hydrogen (secondary N) is 2. The van der Waals surface area contributed by atoms with Gasteiger partial charge in [0.25, 0.3) is 5.91 Å². The second kappa shape index (κ2) is 9.33. The Morgan fingerprint density at radius 3 is 2.41 bits per heavy atom. The van der Waals surface area contributed by atoms with Crippen molar-refractivity contribution in [3.63, 3.8) is 0 Å². The largest absolute Gasteiger partial charge is 0.352 e. The molecular formula is C22H27N3O2. The van der Waals surface area contributed by atoms with Gasteiger partial charge in [-0.05, 0) is 57.1 Å². The highest BCUT2D eigenvalue weighted by Gasteiger charge is 2.24. The zero-order valence-corrected chi connectivity index (χ0v) is 15.8. The van der Waals surface area contributed by atoms with Gasteiger partial charge in [-0.3, -0.25) is 9.59 Å². The van der Waals surface area contributed by atoms with Crippen molar-refractivity contribution >= 4 is 17.5 Å². The molecule has 2 aromatic rings. The summed E-state index contributed by atoms with van der Waals surface area (Å²) < 4.78 is 0. The van der Waals surface area contributed by atoms with Crippen LogP contribution in [0, 0.1) is 5.92 Å². The lowest BCUT2D eigenvalue weighted by Crippen LogP contribution is -2.36. The van der Waals surface area contributed by atoms with Crippen LogP contribution < -0.4 is 10.6 Å². The summed E-state index contributed by atoms with van der Waals surface area (Å²) in [5, 5.41) is 5.92. The molecule has 0 unspecified atom stereocenters. The molecule has 5 nitrogen and oxygen atoms in total. The highest BCUT2D eigenvalue weighted by Crippen LogP contribution is 2.21. The molecule has 2 N–H and O–H groups in total. The minimum absolute atomic E-state index is 0.00707. The zero-order valence-electron chi connectivity index (χ0n) is 15.8. The van der Waals surface area contributed by atoms with E-state index in [2.05, 4.69) is 22.6 Å². The minimum atomic E-state index is -0.162. The van der Waals surface area contributed by atoms with Crippen molar-refractivity contribution in [2.75, 3.05) is 32.0 Å². The lowest BCUT2D eigenvalue weighted by atomic mass is 9.96. The van der Waals surface area contributed by atoms with Gasteiger partial charge >= 0.3 is 0 Å². The van der Waals surface area contributed by atoms with Gasteiger partial charge in [0.2, 0.25) is 5.91 Å². The van der Waals surface area contributed by atoms with Crippen LogP contribution in [0.5, 0.6) is 0 Å². The Kier molecular flexibility index (Phi) is 6.60. The topological polar surface area (TPSA) is 61.4 Å². The van der Waals surface area contributed by atoms with Crippen LogP contribution in [-0.2, 0) is 11.2 Å². The summed E-state index contributed by atoms with van der Waals surface area (Å²) in [6.07, 6.45) is 2.48. The quantitative estimate of drug-likeness (QED) is 0.827. The summed E-state index contributed by atoms with van der Waals surface area (Å²) in [5.74, 6) is -0.145. The lowest BCUT2D eigenvalue weighted by molar-refractivity contribution is -0.121. The Bertz CT molecular complexity index is 768. The van der Waals surface area contributed by atoms with Crippen LogP contribution in [0.15, 0.2) is 54.6 Å². The average Bonchev–Trinajstić information content (AvgIpc) is 2.69. The molecule has 142 valence electrons. The molecule has 0 saturated carbocycles. The van der Waals surface area contributed by atoms with Gasteiger partial charge < -0.3 is 15.5 Å². The van der Waals surface area contributed by atoms with E-state index in [0.29, 0.717) is 17.8 Å². The first-order valence-electron chi connectivity index (χ1n) is 9.54. The third-order valence-corrected chi connectivity index (χ3v) is 5.06. The third kappa shape index (κ3) is 5.41. The lowest BCUT2D eigenvalue weighted by Gasteiger charge is -2.28. The molecule has 0 spiro atoms. The monoisotopic (exact) mass is 365 g/mol. The number of para-hydroxylation sites is 1. The fraction of sp³-hybridized carbons (Fsp3) is 0.364. The number of likely N-dealkylation sites (tertiary alicyclic amines) is 1. The van der Waals surface area contributed by atoms with Crippen molar-refractivity contribution in [3.05, 3.63) is 65.7 Å². The Labute approximate surface area is 160 Å². The van der Waals surface area contributed by atoms with Crippen LogP contribution in [0.1, 0.15) is 28.8 Å². The van der Waals surface area contributed by atoms with E-state index in [-0.39, 0.29) is 17.7 Å². The Morgan fingerprint density at radius 1 is 1.00 bits per heavy atom. The number of rotatable bonds is 6. The van der Waals surface area contributed by atoms with Crippen LogP contribution in [0.4, 0.5) is 5.69 Å². The van der Waals surface area contributed by atoms with Crippen LogP contribution in [0.25, 0.3) is 0 Å². The molecule has 0 atom stereocenters. The molecule has 0 aliphatic carbocycles. The molecule has 1 saturated heterocycles. The SMILES string of the molecule is CN1CCC(C(=O)Nc2ccccc2C(=O)NCCc2ccccc2)CC1. The number of benzene rings is 2. The molecule has 0 radical (unpaired) electrons. The van der Waals surface area contributed by atoms with E-state index < -0.39 is 0 Å². The van der Waals surface area contributed by atoms with Crippen LogP contribution in [0.3, 0.4) is 0 Å². The molecule has 0 bridgehead atoms. The van der Waals surface area contributed by atoms with Crippen LogP contribution >= 0.6 is 0 Å². The van der Waals surface area contributed by atoms with Crippen LogP contribution in [0.2, 0.25) is 0 Å². The fourth-order valence-corrected chi connectivity index (χ4v) is 3.36. The normalized spacial score (nSPS) is 15.3. The fourth-order valence-electron chi connectivity index (χ4n) is 3.36. The summed E-state index contributed by atoms with van der Waals surface area (Å²) >= 11 is 0. The first-order chi connectivity index (χ1) is 13.1. The first-order valence-corrected chi connectivity index (χ1v) is 9.54. The summed E-state index contributed by atoms with van der Waals surface area (Å²) in [7, 11) is 2.07. The predicted molar refractivity (Wildman–Crippen MR) is 108 cm³/mol. The second-order valence-electron chi connectivity index (χ2n) is 7.10. The highest BCUT2D eigenvalue weighted by molar-refractivity contribution is 6.04. The summed E-state index contributed by atoms with van der Waals surface area (Å²) in [6.45, 7) is 2.42. The highest BCUT2D eigenvalue weighted by atomic mass is 16.2. The van der Waals surface area contributed by atoms with Gasteiger partial charge in [0.1, 0.15) is 0 Å². The molecule has 2 amide bonds. The number of carbonyl (C=O) groups is 2. The molecular weight excluding hydrogens is 338 g/mol. The molecule has 3 rings (SSSR count). The summed E-state index contributed by atoms with van der Waals surface area (Å²) in [4.78, 5) is 27.4. The Hall–Kier alpha value is -2.66. The second-order valence-corrected chi connectivity index (χ2v) is 7.10. The van der Waals surface area contributed by atoms with Gasteiger partial charge in [-0.1, -0.05) is 42.5 Å². The van der Waals surface area contributed by atoms with E-state index >= 15 is 0 Å². The molecule has 27 heavy (non-hydrogen) atoms. The van der Waals surface area contributed by atoms with E-state index in [0.717, 1.165) is 32.4 Å². The molecule has 0 aromatic heterocycles. The Balaban J connectivity index is 1.57. The van der Waals surface area contributed by atoms with E-state index in [1.165, 1.54) is 5.56 Å². The molecule has 2 aromatic carbocycles. The smallest absolute Gasteiger partial charge is 0.253 e. The minimum Gasteiger partial charge on any atom is -0.352 e.